The number of hydrogen-bond donors (Lipinski definition) is 0. The Morgan fingerprint density at radius 2 is 1.61 bits per heavy atom. The summed E-state index contributed by atoms with van der Waals surface area (Å²) in [6, 6.07) is 38.9. The molecule has 1 atom stereocenters. The summed E-state index contributed by atoms with van der Waals surface area (Å²) in [6.07, 6.45) is 6.87. The fraction of sp³-hybridized carbons (Fsp3) is 0.289. The molecule has 5 nitrogen and oxygen atoms in total. The van der Waals surface area contributed by atoms with E-state index < -0.39 is 0 Å². The van der Waals surface area contributed by atoms with Crippen molar-refractivity contribution >= 4 is 21.8 Å². The van der Waals surface area contributed by atoms with Crippen LogP contribution in [-0.2, 0) is 26.5 Å². The maximum Gasteiger partial charge on any atom is 2.00 e. The first kappa shape index (κ1) is 36.3. The predicted molar refractivity (Wildman–Crippen MR) is 206 cm³/mol. The molecule has 0 radical (unpaired) electrons. The van der Waals surface area contributed by atoms with Gasteiger partial charge in [-0.15, -0.1) is 35.7 Å². The average Bonchev–Trinajstić information content (AvgIpc) is 3.60. The molecule has 7 rings (SSSR count). The standard InChI is InChI=1S/C45H46N4O.Pt/c1-8-9-11-15-30(2)34-20-23-41-40(26-34)39-22-21-38(29-42(39)48(41)43-27-35(24-25-46-43)45(5,6)7)50-37-19-14-18-36(28-37)49-32(4)44(31(3)47-49)33-16-12-10-13-17-33;/h10,12-14,16-27,30H,8-9,11,15H2,1-7H3;/q-2;+2. The maximum atomic E-state index is 6.51. The van der Waals surface area contributed by atoms with Crippen molar-refractivity contribution in [2.45, 2.75) is 85.5 Å². The van der Waals surface area contributed by atoms with E-state index in [4.69, 9.17) is 14.8 Å². The zero-order chi connectivity index (χ0) is 35.0. The minimum absolute atomic E-state index is 0. The second-order valence-electron chi connectivity index (χ2n) is 14.6. The van der Waals surface area contributed by atoms with Gasteiger partial charge in [-0.2, -0.15) is 17.2 Å². The van der Waals surface area contributed by atoms with E-state index in [0.717, 1.165) is 50.4 Å². The molecule has 3 aromatic heterocycles. The van der Waals surface area contributed by atoms with Crippen LogP contribution in [0.1, 0.15) is 88.7 Å². The molecule has 0 aliphatic carbocycles. The fourth-order valence-electron chi connectivity index (χ4n) is 7.06. The van der Waals surface area contributed by atoms with Crippen LogP contribution in [0.15, 0.2) is 97.2 Å². The summed E-state index contributed by atoms with van der Waals surface area (Å²) in [5, 5.41) is 7.23. The monoisotopic (exact) mass is 853 g/mol. The average molecular weight is 854 g/mol. The van der Waals surface area contributed by atoms with E-state index in [9.17, 15) is 0 Å². The van der Waals surface area contributed by atoms with Crippen LogP contribution >= 0.6 is 0 Å². The van der Waals surface area contributed by atoms with Crippen LogP contribution in [0.25, 0.3) is 44.4 Å². The maximum absolute atomic E-state index is 6.51. The molecule has 3 heterocycles. The number of nitrogens with zero attached hydrogens (tertiary/aromatic N) is 4. The van der Waals surface area contributed by atoms with E-state index in [1.165, 1.54) is 42.2 Å². The normalized spacial score (nSPS) is 12.3. The topological polar surface area (TPSA) is 44.9 Å². The molecule has 0 aliphatic rings. The zero-order valence-corrected chi connectivity index (χ0v) is 32.9. The van der Waals surface area contributed by atoms with Crippen LogP contribution < -0.4 is 4.74 Å². The van der Waals surface area contributed by atoms with Gasteiger partial charge in [0.15, 0.2) is 0 Å². The Labute approximate surface area is 317 Å². The largest absolute Gasteiger partial charge is 2.00 e. The summed E-state index contributed by atoms with van der Waals surface area (Å²) in [4.78, 5) is 4.89. The van der Waals surface area contributed by atoms with Crippen molar-refractivity contribution in [2.75, 3.05) is 0 Å². The van der Waals surface area contributed by atoms with Crippen molar-refractivity contribution in [1.29, 1.82) is 0 Å². The first-order chi connectivity index (χ1) is 24.1. The zero-order valence-electron chi connectivity index (χ0n) is 30.7. The number of pyridine rings is 1. The Morgan fingerprint density at radius 1 is 0.824 bits per heavy atom. The van der Waals surface area contributed by atoms with Crippen molar-refractivity contribution in [3.63, 3.8) is 0 Å². The van der Waals surface area contributed by atoms with Crippen LogP contribution in [0.5, 0.6) is 11.5 Å². The summed E-state index contributed by atoms with van der Waals surface area (Å²) in [7, 11) is 0. The molecule has 0 spiro atoms. The first-order valence-corrected chi connectivity index (χ1v) is 17.9. The Kier molecular flexibility index (Phi) is 10.7. The summed E-state index contributed by atoms with van der Waals surface area (Å²) in [5.41, 5.74) is 9.80. The summed E-state index contributed by atoms with van der Waals surface area (Å²) in [5.74, 6) is 2.59. The minimum Gasteiger partial charge on any atom is -0.509 e. The number of unbranched alkanes of at least 4 members (excludes halogenated alkanes) is 2. The van der Waals surface area contributed by atoms with E-state index in [2.05, 4.69) is 126 Å². The molecule has 0 saturated carbocycles. The third kappa shape index (κ3) is 7.32. The van der Waals surface area contributed by atoms with Crippen molar-refractivity contribution < 1.29 is 25.8 Å². The first-order valence-electron chi connectivity index (χ1n) is 17.9. The van der Waals surface area contributed by atoms with E-state index in [-0.39, 0.29) is 26.5 Å². The third-order valence-corrected chi connectivity index (χ3v) is 9.88. The molecule has 0 fully saturated rings. The van der Waals surface area contributed by atoms with Gasteiger partial charge < -0.3 is 9.30 Å². The minimum atomic E-state index is -0.0102. The molecule has 51 heavy (non-hydrogen) atoms. The predicted octanol–water partition coefficient (Wildman–Crippen LogP) is 12.0. The van der Waals surface area contributed by atoms with E-state index in [1.807, 2.05) is 41.2 Å². The quantitative estimate of drug-likeness (QED) is 0.102. The number of aromatic nitrogens is 4. The van der Waals surface area contributed by atoms with Crippen molar-refractivity contribution in [3.8, 4) is 34.1 Å². The summed E-state index contributed by atoms with van der Waals surface area (Å²) < 4.78 is 10.7. The summed E-state index contributed by atoms with van der Waals surface area (Å²) in [6.45, 7) is 15.5. The molecule has 4 aromatic carbocycles. The molecular formula is C45H46N4OPt. The molecule has 0 amide bonds. The van der Waals surface area contributed by atoms with Gasteiger partial charge in [-0.05, 0) is 77.6 Å². The number of aryl methyl sites for hydroxylation is 1. The smallest absolute Gasteiger partial charge is 0.509 e. The van der Waals surface area contributed by atoms with Gasteiger partial charge in [-0.25, -0.2) is 4.98 Å². The van der Waals surface area contributed by atoms with E-state index >= 15 is 0 Å². The number of benzene rings is 4. The van der Waals surface area contributed by atoms with Gasteiger partial charge in [0.2, 0.25) is 0 Å². The Hall–Kier alpha value is -4.47. The number of ether oxygens (including phenoxy) is 1. The van der Waals surface area contributed by atoms with Gasteiger partial charge in [0.05, 0.1) is 5.69 Å². The number of rotatable bonds is 10. The van der Waals surface area contributed by atoms with E-state index in [1.54, 1.807) is 0 Å². The molecule has 262 valence electrons. The van der Waals surface area contributed by atoms with Gasteiger partial charge in [-0.1, -0.05) is 102 Å². The van der Waals surface area contributed by atoms with Gasteiger partial charge in [0.1, 0.15) is 5.82 Å². The molecule has 1 unspecified atom stereocenters. The van der Waals surface area contributed by atoms with Gasteiger partial charge >= 0.3 is 21.1 Å². The Morgan fingerprint density at radius 3 is 2.37 bits per heavy atom. The molecule has 0 saturated heterocycles. The fourth-order valence-corrected chi connectivity index (χ4v) is 7.06. The van der Waals surface area contributed by atoms with Crippen molar-refractivity contribution in [1.82, 2.24) is 19.3 Å². The Balaban J connectivity index is 0.00000448. The molecule has 0 aliphatic heterocycles. The molecular weight excluding hydrogens is 808 g/mol. The van der Waals surface area contributed by atoms with Crippen molar-refractivity contribution in [2.24, 2.45) is 0 Å². The van der Waals surface area contributed by atoms with Crippen LogP contribution in [0.4, 0.5) is 0 Å². The SMILES string of the molecule is CCCCCC(C)c1ccc2c(c1)c1ccc(Oc3[c-]c(-n4nc(C)c(-c5ccccc5)c4C)ccc3)[c-]c1n2-c1cc(C(C)(C)C)ccn1.[Pt+2]. The van der Waals surface area contributed by atoms with Gasteiger partial charge in [0.25, 0.3) is 0 Å². The third-order valence-electron chi connectivity index (χ3n) is 9.88. The molecule has 0 N–H and O–H groups in total. The van der Waals surface area contributed by atoms with Gasteiger partial charge in [0, 0.05) is 34.5 Å². The van der Waals surface area contributed by atoms with Gasteiger partial charge in [-0.3, -0.25) is 4.68 Å². The molecule has 7 aromatic rings. The Bertz CT molecular complexity index is 2290. The van der Waals surface area contributed by atoms with Crippen LogP contribution in [-0.4, -0.2) is 19.3 Å². The van der Waals surface area contributed by atoms with Crippen molar-refractivity contribution in [3.05, 3.63) is 132 Å². The molecule has 0 bridgehead atoms. The molecule has 6 heteroatoms. The van der Waals surface area contributed by atoms with Crippen LogP contribution in [0, 0.1) is 26.0 Å². The second kappa shape index (κ2) is 15.0. The summed E-state index contributed by atoms with van der Waals surface area (Å²) >= 11 is 0. The van der Waals surface area contributed by atoms with E-state index in [0.29, 0.717) is 17.4 Å². The number of fused-ring (bicyclic) bond motifs is 3. The number of hydrogen-bond acceptors (Lipinski definition) is 3. The van der Waals surface area contributed by atoms with Crippen LogP contribution in [0.3, 0.4) is 0 Å². The second-order valence-corrected chi connectivity index (χ2v) is 14.6. The van der Waals surface area contributed by atoms with Crippen LogP contribution in [0.2, 0.25) is 0 Å².